The second-order valence-corrected chi connectivity index (χ2v) is 16.3. The van der Waals surface area contributed by atoms with Crippen LogP contribution < -0.4 is 10.2 Å². The molecule has 4 aliphatic heterocycles. The van der Waals surface area contributed by atoms with Crippen LogP contribution in [0.1, 0.15) is 42.1 Å². The summed E-state index contributed by atoms with van der Waals surface area (Å²) in [4.78, 5) is 44.2. The Bertz CT molecular complexity index is 1650. The molecule has 2 fully saturated rings. The summed E-state index contributed by atoms with van der Waals surface area (Å²) in [5.41, 5.74) is 0.962. The number of carbonyl (C=O) groups excluding carboxylic acids is 3. The van der Waals surface area contributed by atoms with E-state index in [0.717, 1.165) is 29.3 Å². The fraction of sp³-hybridized carbons (Fsp3) is 0.406. The van der Waals surface area contributed by atoms with Crippen LogP contribution in [0.25, 0.3) is 10.8 Å². The van der Waals surface area contributed by atoms with Gasteiger partial charge >= 0.3 is 0 Å². The maximum atomic E-state index is 16.1. The van der Waals surface area contributed by atoms with E-state index in [0.29, 0.717) is 29.0 Å². The van der Waals surface area contributed by atoms with Crippen molar-refractivity contribution in [3.8, 4) is 0 Å². The number of nitrogens with one attached hydrogen (secondary N) is 1. The number of benzene rings is 3. The summed E-state index contributed by atoms with van der Waals surface area (Å²) >= 11 is 0. The van der Waals surface area contributed by atoms with E-state index >= 15 is 4.11 Å². The molecule has 0 aromatic heterocycles. The van der Waals surface area contributed by atoms with Crippen LogP contribution in [-0.4, -0.2) is 61.4 Å². The molecule has 0 aliphatic carbocycles. The van der Waals surface area contributed by atoms with Crippen molar-refractivity contribution in [3.05, 3.63) is 65.7 Å². The summed E-state index contributed by atoms with van der Waals surface area (Å²) in [6.45, 7) is 5.48. The van der Waals surface area contributed by atoms with Gasteiger partial charge in [-0.15, -0.1) is 0 Å². The van der Waals surface area contributed by atoms with Crippen LogP contribution in [0, 0.1) is 5.92 Å². The molecule has 0 saturated carbocycles. The highest BCUT2D eigenvalue weighted by molar-refractivity contribution is 6.72. The van der Waals surface area contributed by atoms with E-state index in [1.165, 1.54) is 0 Å². The third kappa shape index (κ3) is 3.74. The molecule has 3 aromatic rings. The van der Waals surface area contributed by atoms with Gasteiger partial charge in [0, 0.05) is 40.3 Å². The molecule has 2 saturated heterocycles. The molecule has 2 N–H and O–H groups in total. The molecule has 0 unspecified atom stereocenters. The fourth-order valence-electron chi connectivity index (χ4n) is 8.01. The molecular formula is C32H34FN3O5Si. The van der Waals surface area contributed by atoms with Gasteiger partial charge in [-0.05, 0) is 61.7 Å². The van der Waals surface area contributed by atoms with Crippen molar-refractivity contribution in [2.75, 3.05) is 23.4 Å². The van der Waals surface area contributed by atoms with Crippen molar-refractivity contribution in [2.45, 2.75) is 62.6 Å². The number of likely N-dealkylation sites (tertiary alicyclic amines) is 1. The minimum absolute atomic E-state index is 0.0577. The Morgan fingerprint density at radius 2 is 1.93 bits per heavy atom. The fourth-order valence-corrected chi connectivity index (χ4v) is 10.5. The Morgan fingerprint density at radius 1 is 1.17 bits per heavy atom. The SMILES string of the molecule is C[C@@H]1[C@@H]([Si](C)(C)F)[C@H](CC(=O)N2CCC[C@H]2CO)O[C@@]12C(=O)Nc1ccc(N3C(=O)c4cccc5cccc3c45)cc12. The molecule has 4 heterocycles. The van der Waals surface area contributed by atoms with E-state index in [-0.39, 0.29) is 36.8 Å². The minimum atomic E-state index is -3.44. The van der Waals surface area contributed by atoms with Crippen LogP contribution in [0.2, 0.25) is 18.6 Å². The van der Waals surface area contributed by atoms with Crippen LogP contribution in [0.5, 0.6) is 0 Å². The molecule has 3 amide bonds. The summed E-state index contributed by atoms with van der Waals surface area (Å²) in [6.07, 6.45) is 0.677. The highest BCUT2D eigenvalue weighted by Crippen LogP contribution is 2.59. The summed E-state index contributed by atoms with van der Waals surface area (Å²) in [5.74, 6) is -1.28. The third-order valence-corrected chi connectivity index (χ3v) is 12.3. The van der Waals surface area contributed by atoms with Crippen LogP contribution in [-0.2, 0) is 19.9 Å². The average molecular weight is 588 g/mol. The molecule has 4 aliphatic rings. The Labute approximate surface area is 244 Å². The van der Waals surface area contributed by atoms with Crippen LogP contribution in [0.3, 0.4) is 0 Å². The molecule has 3 aromatic carbocycles. The zero-order chi connectivity index (χ0) is 29.6. The number of amides is 3. The van der Waals surface area contributed by atoms with Gasteiger partial charge in [0.05, 0.1) is 36.4 Å². The lowest BCUT2D eigenvalue weighted by Crippen LogP contribution is -2.42. The third-order valence-electron chi connectivity index (χ3n) is 9.80. The standard InChI is InChI=1S/C32H34FN3O5Si/c1-18-29(42(2,3)33)26(16-27(38)35-14-6-9-21(35)17-37)41-32(18)23-15-20(12-13-24(23)34-31(32)40)36-25-11-5-8-19-7-4-10-22(28(19)25)30(36)39/h4-5,7-8,10-13,15,18,21,26,29,37H,6,9,14,16-17H2,1-3H3,(H,34,40)/t18-,21+,26+,29-,32+/m1/s1. The van der Waals surface area contributed by atoms with Gasteiger partial charge < -0.3 is 24.2 Å². The number of halogens is 1. The molecule has 10 heteroatoms. The Balaban J connectivity index is 1.29. The largest absolute Gasteiger partial charge is 0.394 e. The van der Waals surface area contributed by atoms with E-state index in [9.17, 15) is 19.5 Å². The lowest BCUT2D eigenvalue weighted by atomic mass is 9.82. The molecule has 8 nitrogen and oxygen atoms in total. The molecular weight excluding hydrogens is 553 g/mol. The molecule has 0 radical (unpaired) electrons. The normalized spacial score (nSPS) is 28.3. The molecule has 0 bridgehead atoms. The van der Waals surface area contributed by atoms with Crippen molar-refractivity contribution in [1.29, 1.82) is 0 Å². The monoisotopic (exact) mass is 587 g/mol. The quantitative estimate of drug-likeness (QED) is 0.315. The zero-order valence-corrected chi connectivity index (χ0v) is 24.9. The first-order valence-electron chi connectivity index (χ1n) is 14.7. The Hall–Kier alpha value is -3.60. The molecule has 1 spiro atoms. The molecule has 42 heavy (non-hydrogen) atoms. The van der Waals surface area contributed by atoms with E-state index in [1.807, 2.05) is 49.4 Å². The van der Waals surface area contributed by atoms with Crippen LogP contribution >= 0.6 is 0 Å². The number of hydrogen-bond acceptors (Lipinski definition) is 5. The lowest BCUT2D eigenvalue weighted by Gasteiger charge is -2.31. The van der Waals surface area contributed by atoms with E-state index in [2.05, 4.69) is 5.32 Å². The van der Waals surface area contributed by atoms with E-state index < -0.39 is 31.6 Å². The second-order valence-electron chi connectivity index (χ2n) is 12.5. The van der Waals surface area contributed by atoms with Gasteiger partial charge in [0.2, 0.25) is 14.3 Å². The van der Waals surface area contributed by atoms with Crippen molar-refractivity contribution >= 4 is 54.0 Å². The maximum absolute atomic E-state index is 16.1. The average Bonchev–Trinajstić information content (AvgIpc) is 3.69. The minimum Gasteiger partial charge on any atom is -0.394 e. The van der Waals surface area contributed by atoms with Gasteiger partial charge in [0.15, 0.2) is 5.60 Å². The van der Waals surface area contributed by atoms with Gasteiger partial charge in [-0.2, -0.15) is 0 Å². The lowest BCUT2D eigenvalue weighted by molar-refractivity contribution is -0.148. The summed E-state index contributed by atoms with van der Waals surface area (Å²) in [7, 11) is -3.44. The predicted molar refractivity (Wildman–Crippen MR) is 160 cm³/mol. The number of fused-ring (bicyclic) bond motifs is 2. The molecule has 7 rings (SSSR count). The number of ether oxygens (including phenoxy) is 1. The highest BCUT2D eigenvalue weighted by atomic mass is 28.4. The molecule has 5 atom stereocenters. The van der Waals surface area contributed by atoms with Gasteiger partial charge in [0.1, 0.15) is 0 Å². The Morgan fingerprint density at radius 3 is 2.67 bits per heavy atom. The van der Waals surface area contributed by atoms with E-state index in [1.54, 1.807) is 35.0 Å². The number of hydrogen-bond donors (Lipinski definition) is 2. The van der Waals surface area contributed by atoms with Crippen molar-refractivity contribution in [1.82, 2.24) is 4.90 Å². The number of anilines is 3. The smallest absolute Gasteiger partial charge is 0.263 e. The maximum Gasteiger partial charge on any atom is 0.263 e. The summed E-state index contributed by atoms with van der Waals surface area (Å²) in [5, 5.41) is 14.6. The number of carbonyl (C=O) groups is 3. The van der Waals surface area contributed by atoms with Gasteiger partial charge in [-0.1, -0.05) is 31.2 Å². The number of aliphatic hydroxyl groups is 1. The van der Waals surface area contributed by atoms with Crippen molar-refractivity contribution < 1.29 is 28.3 Å². The van der Waals surface area contributed by atoms with Crippen LogP contribution in [0.4, 0.5) is 21.2 Å². The number of nitrogens with zero attached hydrogens (tertiary/aromatic N) is 2. The highest BCUT2D eigenvalue weighted by Gasteiger charge is 2.65. The first-order chi connectivity index (χ1) is 20.1. The predicted octanol–water partition coefficient (Wildman–Crippen LogP) is 5.23. The van der Waals surface area contributed by atoms with Crippen molar-refractivity contribution in [2.24, 2.45) is 5.92 Å². The molecule has 218 valence electrons. The van der Waals surface area contributed by atoms with Crippen LogP contribution in [0.15, 0.2) is 54.6 Å². The number of aliphatic hydroxyl groups excluding tert-OH is 1. The zero-order valence-electron chi connectivity index (χ0n) is 23.9. The Kier molecular flexibility index (Phi) is 6.13. The number of rotatable bonds is 5. The van der Waals surface area contributed by atoms with E-state index in [4.69, 9.17) is 4.74 Å². The second kappa shape index (κ2) is 9.45. The van der Waals surface area contributed by atoms with Crippen molar-refractivity contribution in [3.63, 3.8) is 0 Å². The van der Waals surface area contributed by atoms with Gasteiger partial charge in [-0.25, -0.2) is 0 Å². The van der Waals surface area contributed by atoms with Gasteiger partial charge in [-0.3, -0.25) is 19.3 Å². The summed E-state index contributed by atoms with van der Waals surface area (Å²) < 4.78 is 22.7. The first-order valence-corrected chi connectivity index (χ1v) is 17.6. The first kappa shape index (κ1) is 27.2. The van der Waals surface area contributed by atoms with Gasteiger partial charge in [0.25, 0.3) is 11.8 Å². The topological polar surface area (TPSA) is 99.2 Å². The summed E-state index contributed by atoms with van der Waals surface area (Å²) in [6, 6.07) is 16.6.